The molecule has 0 saturated heterocycles. The normalized spacial score (nSPS) is 15.6. The van der Waals surface area contributed by atoms with Crippen molar-refractivity contribution < 1.29 is 13.2 Å². The number of allylic oxidation sites excluding steroid dienone is 1. The minimum absolute atomic E-state index is 0.0176. The van der Waals surface area contributed by atoms with Crippen LogP contribution in [0.5, 0.6) is 0 Å². The van der Waals surface area contributed by atoms with Gasteiger partial charge in [0.25, 0.3) is 0 Å². The van der Waals surface area contributed by atoms with Crippen LogP contribution in [0.25, 0.3) is 0 Å². The van der Waals surface area contributed by atoms with Gasteiger partial charge in [-0.2, -0.15) is 0 Å². The molecule has 1 amide bonds. The summed E-state index contributed by atoms with van der Waals surface area (Å²) < 4.78 is 25.3. The summed E-state index contributed by atoms with van der Waals surface area (Å²) in [6.45, 7) is 3.59. The third-order valence-electron chi connectivity index (χ3n) is 4.38. The van der Waals surface area contributed by atoms with Crippen molar-refractivity contribution in [1.29, 1.82) is 0 Å². The third kappa shape index (κ3) is 7.97. The van der Waals surface area contributed by atoms with Gasteiger partial charge >= 0.3 is 0 Å². The zero-order chi connectivity index (χ0) is 17.3. The smallest absolute Gasteiger partial charge is 0.223 e. The zero-order valence-electron chi connectivity index (χ0n) is 14.9. The zero-order valence-corrected chi connectivity index (χ0v) is 15.7. The van der Waals surface area contributed by atoms with Crippen molar-refractivity contribution in [1.82, 2.24) is 9.21 Å². The average molecular weight is 345 g/mol. The van der Waals surface area contributed by atoms with Crippen molar-refractivity contribution >= 4 is 15.9 Å². The molecule has 0 aromatic carbocycles. The highest BCUT2D eigenvalue weighted by Crippen LogP contribution is 2.20. The Labute approximate surface area is 141 Å². The van der Waals surface area contributed by atoms with Gasteiger partial charge in [-0.25, -0.2) is 12.7 Å². The highest BCUT2D eigenvalue weighted by Gasteiger charge is 2.19. The second kappa shape index (κ2) is 10.1. The summed E-state index contributed by atoms with van der Waals surface area (Å²) in [5, 5.41) is 0. The summed E-state index contributed by atoms with van der Waals surface area (Å²) in [5.41, 5.74) is 1.36. The molecule has 6 heteroatoms. The maximum atomic E-state index is 12.1. The molecule has 0 N–H and O–H groups in total. The molecule has 1 aliphatic carbocycles. The molecule has 0 fully saturated rings. The number of amides is 1. The van der Waals surface area contributed by atoms with Crippen LogP contribution in [0, 0.1) is 0 Å². The molecule has 23 heavy (non-hydrogen) atoms. The van der Waals surface area contributed by atoms with E-state index in [9.17, 15) is 13.2 Å². The molecule has 0 unspecified atom stereocenters. The van der Waals surface area contributed by atoms with Crippen LogP contribution in [0.3, 0.4) is 0 Å². The first-order valence-corrected chi connectivity index (χ1v) is 10.6. The van der Waals surface area contributed by atoms with Crippen LogP contribution in [0.1, 0.15) is 58.3 Å². The molecule has 0 aromatic rings. The fourth-order valence-corrected chi connectivity index (χ4v) is 3.62. The Balaban J connectivity index is 2.48. The van der Waals surface area contributed by atoms with Crippen LogP contribution < -0.4 is 0 Å². The van der Waals surface area contributed by atoms with E-state index in [-0.39, 0.29) is 18.9 Å². The van der Waals surface area contributed by atoms with Gasteiger partial charge in [0, 0.05) is 33.1 Å². The predicted molar refractivity (Wildman–Crippen MR) is 94.7 cm³/mol. The van der Waals surface area contributed by atoms with Crippen molar-refractivity contribution in [3.05, 3.63) is 11.6 Å². The Bertz CT molecular complexity index is 500. The highest BCUT2D eigenvalue weighted by molar-refractivity contribution is 7.88. The topological polar surface area (TPSA) is 57.7 Å². The van der Waals surface area contributed by atoms with Crippen molar-refractivity contribution in [2.45, 2.75) is 58.3 Å². The van der Waals surface area contributed by atoms with Gasteiger partial charge in [0.15, 0.2) is 0 Å². The molecule has 5 nitrogen and oxygen atoms in total. The van der Waals surface area contributed by atoms with E-state index in [1.807, 2.05) is 0 Å². The first-order valence-electron chi connectivity index (χ1n) is 8.71. The van der Waals surface area contributed by atoms with E-state index in [2.05, 4.69) is 13.0 Å². The molecular weight excluding hydrogens is 312 g/mol. The fourth-order valence-electron chi connectivity index (χ4n) is 2.77. The number of carbonyl (C=O) groups is 1. The summed E-state index contributed by atoms with van der Waals surface area (Å²) >= 11 is 0. The van der Waals surface area contributed by atoms with Crippen molar-refractivity contribution in [3.8, 4) is 0 Å². The van der Waals surface area contributed by atoms with Crippen LogP contribution in [0.4, 0.5) is 0 Å². The number of hydrogen-bond acceptors (Lipinski definition) is 3. The molecule has 0 saturated carbocycles. The number of carbonyl (C=O) groups excluding carboxylic acids is 1. The second-order valence-electron chi connectivity index (χ2n) is 6.44. The first kappa shape index (κ1) is 20.2. The lowest BCUT2D eigenvalue weighted by Crippen LogP contribution is -2.36. The molecular formula is C17H32N2O3S. The monoisotopic (exact) mass is 344 g/mol. The maximum absolute atomic E-state index is 12.1. The Morgan fingerprint density at radius 2 is 1.96 bits per heavy atom. The van der Waals surface area contributed by atoms with Crippen LogP contribution in [-0.4, -0.2) is 56.5 Å². The van der Waals surface area contributed by atoms with Gasteiger partial charge in [-0.3, -0.25) is 4.79 Å². The second-order valence-corrected chi connectivity index (χ2v) is 8.42. The molecule has 1 rings (SSSR count). The first-order chi connectivity index (χ1) is 10.8. The highest BCUT2D eigenvalue weighted by atomic mass is 32.2. The lowest BCUT2D eigenvalue weighted by molar-refractivity contribution is -0.130. The Kier molecular flexibility index (Phi) is 8.84. The minimum Gasteiger partial charge on any atom is -0.346 e. The number of unbranched alkanes of at least 4 members (excludes halogenated alkanes) is 1. The Morgan fingerprint density at radius 3 is 2.52 bits per heavy atom. The van der Waals surface area contributed by atoms with Crippen LogP contribution in [-0.2, 0) is 14.8 Å². The Morgan fingerprint density at radius 1 is 1.22 bits per heavy atom. The van der Waals surface area contributed by atoms with Gasteiger partial charge in [0.1, 0.15) is 0 Å². The van der Waals surface area contributed by atoms with E-state index >= 15 is 0 Å². The van der Waals surface area contributed by atoms with E-state index in [0.717, 1.165) is 38.6 Å². The van der Waals surface area contributed by atoms with E-state index in [0.29, 0.717) is 6.54 Å². The summed E-state index contributed by atoms with van der Waals surface area (Å²) in [6, 6.07) is 0. The summed E-state index contributed by atoms with van der Waals surface area (Å²) in [7, 11) is -1.48. The van der Waals surface area contributed by atoms with Gasteiger partial charge in [-0.05, 0) is 38.5 Å². The SMILES string of the molecule is CCCCN(C)C(=O)CCN(CCC1=CCCCC1)S(C)(=O)=O. The van der Waals surface area contributed by atoms with Crippen LogP contribution in [0.15, 0.2) is 11.6 Å². The van der Waals surface area contributed by atoms with E-state index in [1.165, 1.54) is 29.0 Å². The van der Waals surface area contributed by atoms with Crippen LogP contribution in [0.2, 0.25) is 0 Å². The van der Waals surface area contributed by atoms with E-state index in [4.69, 9.17) is 0 Å². The Hall–Kier alpha value is -0.880. The van der Waals surface area contributed by atoms with Crippen LogP contribution >= 0.6 is 0 Å². The molecule has 0 radical (unpaired) electrons. The summed E-state index contributed by atoms with van der Waals surface area (Å²) in [5.74, 6) is 0.0176. The third-order valence-corrected chi connectivity index (χ3v) is 5.69. The lowest BCUT2D eigenvalue weighted by Gasteiger charge is -2.23. The van der Waals surface area contributed by atoms with Gasteiger partial charge in [-0.15, -0.1) is 0 Å². The molecule has 0 spiro atoms. The number of rotatable bonds is 10. The number of sulfonamides is 1. The quantitative estimate of drug-likeness (QED) is 0.573. The summed E-state index contributed by atoms with van der Waals surface area (Å²) in [6.07, 6.45) is 11.2. The largest absolute Gasteiger partial charge is 0.346 e. The van der Waals surface area contributed by atoms with Crippen molar-refractivity contribution in [2.24, 2.45) is 0 Å². The molecule has 0 aliphatic heterocycles. The molecule has 0 bridgehead atoms. The standard InChI is InChI=1S/C17H32N2O3S/c1-4-5-13-18(2)17(20)12-15-19(23(3,21)22)14-11-16-9-7-6-8-10-16/h9H,4-8,10-15H2,1-3H3. The van der Waals surface area contributed by atoms with E-state index < -0.39 is 10.0 Å². The van der Waals surface area contributed by atoms with Gasteiger partial charge in [-0.1, -0.05) is 25.0 Å². The molecule has 134 valence electrons. The summed E-state index contributed by atoms with van der Waals surface area (Å²) in [4.78, 5) is 13.8. The van der Waals surface area contributed by atoms with Crippen molar-refractivity contribution in [3.63, 3.8) is 0 Å². The maximum Gasteiger partial charge on any atom is 0.223 e. The predicted octanol–water partition coefficient (Wildman–Crippen LogP) is 2.79. The van der Waals surface area contributed by atoms with Gasteiger partial charge in [0.2, 0.25) is 15.9 Å². The van der Waals surface area contributed by atoms with E-state index in [1.54, 1.807) is 11.9 Å². The lowest BCUT2D eigenvalue weighted by atomic mass is 9.97. The average Bonchev–Trinajstić information content (AvgIpc) is 2.51. The fraction of sp³-hybridized carbons (Fsp3) is 0.824. The van der Waals surface area contributed by atoms with Gasteiger partial charge < -0.3 is 4.90 Å². The molecule has 0 atom stereocenters. The van der Waals surface area contributed by atoms with Crippen molar-refractivity contribution in [2.75, 3.05) is 32.9 Å². The molecule has 0 aromatic heterocycles. The minimum atomic E-state index is -3.27. The molecule has 0 heterocycles. The number of nitrogens with zero attached hydrogens (tertiary/aromatic N) is 2. The van der Waals surface area contributed by atoms with Gasteiger partial charge in [0.05, 0.1) is 6.26 Å². The molecule has 1 aliphatic rings. The number of hydrogen-bond donors (Lipinski definition) is 0.